The van der Waals surface area contributed by atoms with Gasteiger partial charge >= 0.3 is 6.03 Å². The zero-order valence-corrected chi connectivity index (χ0v) is 14.9. The summed E-state index contributed by atoms with van der Waals surface area (Å²) < 4.78 is 44.6. The first kappa shape index (κ1) is 16.8. The molecule has 2 amide bonds. The van der Waals surface area contributed by atoms with E-state index in [0.29, 0.717) is 17.9 Å². The Kier molecular flexibility index (Phi) is 3.87. The molecule has 1 fully saturated rings. The predicted molar refractivity (Wildman–Crippen MR) is 92.4 cm³/mol. The van der Waals surface area contributed by atoms with Crippen LogP contribution in [0.4, 0.5) is 9.18 Å². The van der Waals surface area contributed by atoms with Gasteiger partial charge in [0.15, 0.2) is 0 Å². The van der Waals surface area contributed by atoms with Gasteiger partial charge in [0.1, 0.15) is 11.6 Å². The Bertz CT molecular complexity index is 975. The molecule has 2 aliphatic rings. The number of amides is 2. The molecule has 0 N–H and O–H groups in total. The fourth-order valence-electron chi connectivity index (χ4n) is 3.49. The van der Waals surface area contributed by atoms with E-state index in [9.17, 15) is 17.6 Å². The standard InChI is InChI=1S/C18H17FN2O4S/c1-25-15-6-7-16-13(8-15)10-20-17(16)11-26(23,24)21(18(20)22)9-12-2-4-14(19)5-3-12/h2-8,17H,9-11H2,1H3. The lowest BCUT2D eigenvalue weighted by Crippen LogP contribution is -2.52. The number of fused-ring (bicyclic) bond motifs is 3. The van der Waals surface area contributed by atoms with Crippen LogP contribution in [0.5, 0.6) is 5.75 Å². The Hall–Kier alpha value is -2.61. The molecule has 1 saturated heterocycles. The van der Waals surface area contributed by atoms with Crippen LogP contribution < -0.4 is 4.74 Å². The molecule has 0 spiro atoms. The van der Waals surface area contributed by atoms with Gasteiger partial charge in [0.25, 0.3) is 0 Å². The Labute approximate surface area is 150 Å². The third kappa shape index (κ3) is 2.70. The van der Waals surface area contributed by atoms with Gasteiger partial charge in [-0.05, 0) is 41.0 Å². The highest BCUT2D eigenvalue weighted by Crippen LogP contribution is 2.40. The molecule has 0 radical (unpaired) electrons. The van der Waals surface area contributed by atoms with Crippen molar-refractivity contribution in [2.24, 2.45) is 0 Å². The Balaban J connectivity index is 1.65. The molecular formula is C18H17FN2O4S. The zero-order valence-electron chi connectivity index (χ0n) is 14.1. The van der Waals surface area contributed by atoms with E-state index in [1.807, 2.05) is 12.1 Å². The number of urea groups is 1. The average Bonchev–Trinajstić information content (AvgIpc) is 2.97. The van der Waals surface area contributed by atoms with Crippen LogP contribution in [0.3, 0.4) is 0 Å². The van der Waals surface area contributed by atoms with E-state index in [4.69, 9.17) is 4.74 Å². The van der Waals surface area contributed by atoms with Crippen molar-refractivity contribution in [3.05, 3.63) is 65.0 Å². The summed E-state index contributed by atoms with van der Waals surface area (Å²) in [6.07, 6.45) is 0. The van der Waals surface area contributed by atoms with E-state index >= 15 is 0 Å². The molecule has 4 rings (SSSR count). The smallest absolute Gasteiger partial charge is 0.334 e. The first-order valence-corrected chi connectivity index (χ1v) is 9.72. The second-order valence-electron chi connectivity index (χ2n) is 6.40. The Morgan fingerprint density at radius 2 is 1.92 bits per heavy atom. The van der Waals surface area contributed by atoms with Gasteiger partial charge in [0.2, 0.25) is 10.0 Å². The van der Waals surface area contributed by atoms with Gasteiger partial charge in [0.05, 0.1) is 25.4 Å². The number of carbonyl (C=O) groups is 1. The highest BCUT2D eigenvalue weighted by Gasteiger charge is 2.47. The lowest BCUT2D eigenvalue weighted by molar-refractivity contribution is 0.155. The summed E-state index contributed by atoms with van der Waals surface area (Å²) in [5.74, 6) is 0.0897. The zero-order chi connectivity index (χ0) is 18.5. The molecule has 8 heteroatoms. The van der Waals surface area contributed by atoms with Crippen LogP contribution in [0.15, 0.2) is 42.5 Å². The first-order valence-electron chi connectivity index (χ1n) is 8.11. The van der Waals surface area contributed by atoms with Gasteiger partial charge in [-0.2, -0.15) is 0 Å². The van der Waals surface area contributed by atoms with Crippen LogP contribution in [0.25, 0.3) is 0 Å². The van der Waals surface area contributed by atoms with Crippen molar-refractivity contribution in [2.75, 3.05) is 12.9 Å². The summed E-state index contributed by atoms with van der Waals surface area (Å²) in [4.78, 5) is 14.4. The Morgan fingerprint density at radius 3 is 2.62 bits per heavy atom. The molecular weight excluding hydrogens is 359 g/mol. The number of halogens is 1. The number of rotatable bonds is 3. The fraction of sp³-hybridized carbons (Fsp3) is 0.278. The summed E-state index contributed by atoms with van der Waals surface area (Å²) in [6.45, 7) is 0.232. The summed E-state index contributed by atoms with van der Waals surface area (Å²) in [5.41, 5.74) is 2.28. The number of hydrogen-bond donors (Lipinski definition) is 0. The number of sulfonamides is 1. The number of benzene rings is 2. The minimum absolute atomic E-state index is 0.107. The average molecular weight is 376 g/mol. The van der Waals surface area contributed by atoms with Crippen LogP contribution >= 0.6 is 0 Å². The van der Waals surface area contributed by atoms with Crippen LogP contribution in [-0.2, 0) is 23.1 Å². The number of hydrogen-bond acceptors (Lipinski definition) is 4. The molecule has 2 aromatic rings. The van der Waals surface area contributed by atoms with E-state index in [1.165, 1.54) is 24.3 Å². The number of ether oxygens (including phenoxy) is 1. The molecule has 26 heavy (non-hydrogen) atoms. The van der Waals surface area contributed by atoms with E-state index in [0.717, 1.165) is 15.4 Å². The topological polar surface area (TPSA) is 66.9 Å². The van der Waals surface area contributed by atoms with Crippen molar-refractivity contribution in [3.63, 3.8) is 0 Å². The monoisotopic (exact) mass is 376 g/mol. The maximum Gasteiger partial charge on any atom is 0.334 e. The minimum atomic E-state index is -3.78. The van der Waals surface area contributed by atoms with Gasteiger partial charge in [-0.3, -0.25) is 0 Å². The van der Waals surface area contributed by atoms with E-state index < -0.39 is 27.9 Å². The van der Waals surface area contributed by atoms with Gasteiger partial charge in [0, 0.05) is 6.54 Å². The maximum absolute atomic E-state index is 13.1. The number of nitrogens with zero attached hydrogens (tertiary/aromatic N) is 2. The predicted octanol–water partition coefficient (Wildman–Crippen LogP) is 2.66. The highest BCUT2D eigenvalue weighted by atomic mass is 32.2. The van der Waals surface area contributed by atoms with E-state index in [2.05, 4.69) is 0 Å². The van der Waals surface area contributed by atoms with E-state index in [1.54, 1.807) is 18.1 Å². The lowest BCUT2D eigenvalue weighted by Gasteiger charge is -2.37. The SMILES string of the molecule is COc1ccc2c(c1)CN1C(=O)N(Cc3ccc(F)cc3)S(=O)(=O)CC21. The molecule has 0 bridgehead atoms. The third-order valence-corrected chi connectivity index (χ3v) is 6.52. The van der Waals surface area contributed by atoms with Crippen molar-refractivity contribution < 1.29 is 22.3 Å². The molecule has 0 aromatic heterocycles. The Morgan fingerprint density at radius 1 is 1.19 bits per heavy atom. The van der Waals surface area contributed by atoms with Crippen LogP contribution in [0, 0.1) is 5.82 Å². The summed E-state index contributed by atoms with van der Waals surface area (Å²) in [7, 11) is -2.22. The molecule has 0 aliphatic carbocycles. The molecule has 1 atom stereocenters. The summed E-state index contributed by atoms with van der Waals surface area (Å²) in [5, 5.41) is 0. The number of methoxy groups -OCH3 is 1. The molecule has 1 unspecified atom stereocenters. The second kappa shape index (κ2) is 5.98. The van der Waals surface area contributed by atoms with Gasteiger partial charge < -0.3 is 9.64 Å². The minimum Gasteiger partial charge on any atom is -0.497 e. The quantitative estimate of drug-likeness (QED) is 0.826. The lowest BCUT2D eigenvalue weighted by atomic mass is 10.1. The van der Waals surface area contributed by atoms with Gasteiger partial charge in [-0.1, -0.05) is 18.2 Å². The van der Waals surface area contributed by atoms with Crippen molar-refractivity contribution in [1.29, 1.82) is 0 Å². The summed E-state index contributed by atoms with van der Waals surface area (Å²) in [6, 6.07) is 9.83. The molecule has 136 valence electrons. The maximum atomic E-state index is 13.1. The van der Waals surface area contributed by atoms with E-state index in [-0.39, 0.29) is 12.3 Å². The second-order valence-corrected chi connectivity index (χ2v) is 8.34. The highest BCUT2D eigenvalue weighted by molar-refractivity contribution is 7.89. The van der Waals surface area contributed by atoms with Crippen molar-refractivity contribution >= 4 is 16.1 Å². The van der Waals surface area contributed by atoms with Gasteiger partial charge in [-0.15, -0.1) is 0 Å². The number of carbonyl (C=O) groups excluding carboxylic acids is 1. The third-order valence-electron chi connectivity index (χ3n) is 4.83. The van der Waals surface area contributed by atoms with Crippen LogP contribution in [0.2, 0.25) is 0 Å². The molecule has 2 aliphatic heterocycles. The molecule has 0 saturated carbocycles. The molecule has 2 heterocycles. The molecule has 2 aromatic carbocycles. The largest absolute Gasteiger partial charge is 0.497 e. The van der Waals surface area contributed by atoms with Gasteiger partial charge in [-0.25, -0.2) is 21.9 Å². The van der Waals surface area contributed by atoms with Crippen LogP contribution in [-0.4, -0.2) is 36.5 Å². The van der Waals surface area contributed by atoms with Crippen molar-refractivity contribution in [3.8, 4) is 5.75 Å². The normalized spacial score (nSPS) is 20.7. The van der Waals surface area contributed by atoms with Crippen LogP contribution in [0.1, 0.15) is 22.7 Å². The fourth-order valence-corrected chi connectivity index (χ4v) is 5.11. The first-order chi connectivity index (χ1) is 12.4. The summed E-state index contributed by atoms with van der Waals surface area (Å²) >= 11 is 0. The molecule has 6 nitrogen and oxygen atoms in total. The van der Waals surface area contributed by atoms with Crippen molar-refractivity contribution in [1.82, 2.24) is 9.21 Å². The van der Waals surface area contributed by atoms with Crippen molar-refractivity contribution in [2.45, 2.75) is 19.1 Å².